The minimum atomic E-state index is -0.595. The van der Waals surface area contributed by atoms with E-state index in [0.29, 0.717) is 17.8 Å². The van der Waals surface area contributed by atoms with E-state index in [9.17, 15) is 18.8 Å². The van der Waals surface area contributed by atoms with Crippen LogP contribution in [0.3, 0.4) is 0 Å². The van der Waals surface area contributed by atoms with Gasteiger partial charge in [-0.05, 0) is 31.4 Å². The molecule has 1 fully saturated rings. The molecule has 0 unspecified atom stereocenters. The van der Waals surface area contributed by atoms with Gasteiger partial charge in [-0.15, -0.1) is 0 Å². The highest BCUT2D eigenvalue weighted by Gasteiger charge is 2.33. The Morgan fingerprint density at radius 3 is 2.46 bits per heavy atom. The smallest absolute Gasteiger partial charge is 0.333 e. The molecule has 0 atom stereocenters. The van der Waals surface area contributed by atoms with E-state index in [1.165, 1.54) is 17.0 Å². The van der Waals surface area contributed by atoms with Crippen LogP contribution < -0.4 is 11.2 Å². The Bertz CT molecular complexity index is 1500. The third kappa shape index (κ3) is 4.41. The van der Waals surface area contributed by atoms with Crippen LogP contribution in [0.2, 0.25) is 0 Å². The molecular weight excluding hydrogens is 449 g/mol. The van der Waals surface area contributed by atoms with Crippen LogP contribution in [0.4, 0.5) is 4.39 Å². The molecule has 35 heavy (non-hydrogen) atoms. The first kappa shape index (κ1) is 22.8. The molecule has 2 aromatic heterocycles. The Hall–Kier alpha value is -4.01. The highest BCUT2D eigenvalue weighted by Crippen LogP contribution is 2.29. The fourth-order valence-electron chi connectivity index (χ4n) is 4.37. The zero-order valence-electron chi connectivity index (χ0n) is 19.4. The maximum Gasteiger partial charge on any atom is 0.333 e. The topological polar surface area (TPSA) is 82.1 Å². The Balaban J connectivity index is 1.55. The van der Waals surface area contributed by atoms with Crippen molar-refractivity contribution in [2.24, 2.45) is 0 Å². The molecule has 0 spiro atoms. The number of imidazole rings is 1. The lowest BCUT2D eigenvalue weighted by Gasteiger charge is -2.23. The number of halogens is 1. The molecule has 0 radical (unpaired) electrons. The van der Waals surface area contributed by atoms with E-state index in [1.807, 2.05) is 37.3 Å². The molecule has 1 aliphatic rings. The van der Waals surface area contributed by atoms with E-state index in [1.54, 1.807) is 27.7 Å². The van der Waals surface area contributed by atoms with Crippen LogP contribution in [-0.4, -0.2) is 35.5 Å². The van der Waals surface area contributed by atoms with Crippen molar-refractivity contribution < 1.29 is 9.18 Å². The number of hydrogen-bond acceptors (Lipinski definition) is 4. The Morgan fingerprint density at radius 2 is 1.77 bits per heavy atom. The second-order valence-electron chi connectivity index (χ2n) is 8.79. The number of nitrogens with zero attached hydrogens (tertiary/aromatic N) is 5. The predicted octanol–water partition coefficient (Wildman–Crippen LogP) is 2.76. The van der Waals surface area contributed by atoms with Crippen LogP contribution in [0, 0.1) is 5.82 Å². The number of carbonyl (C=O) groups excluding carboxylic acids is 1. The van der Waals surface area contributed by atoms with Crippen molar-refractivity contribution >= 4 is 17.1 Å². The zero-order chi connectivity index (χ0) is 24.5. The maximum absolute atomic E-state index is 14.3. The summed E-state index contributed by atoms with van der Waals surface area (Å²) in [6.45, 7) is 2.27. The molecule has 180 valence electrons. The van der Waals surface area contributed by atoms with Gasteiger partial charge in [0.2, 0.25) is 5.91 Å². The van der Waals surface area contributed by atoms with Crippen molar-refractivity contribution in [1.82, 2.24) is 23.6 Å². The zero-order valence-corrected chi connectivity index (χ0v) is 19.4. The molecule has 2 heterocycles. The average Bonchev–Trinajstić information content (AvgIpc) is 3.62. The summed E-state index contributed by atoms with van der Waals surface area (Å²) in [6, 6.07) is 15.7. The van der Waals surface area contributed by atoms with Crippen molar-refractivity contribution in [1.29, 1.82) is 0 Å². The minimum Gasteiger partial charge on any atom is -0.334 e. The van der Waals surface area contributed by atoms with Gasteiger partial charge in [0, 0.05) is 24.7 Å². The van der Waals surface area contributed by atoms with Crippen molar-refractivity contribution in [3.63, 3.8) is 0 Å². The number of aryl methyl sites for hydroxylation is 1. The molecule has 0 aliphatic heterocycles. The number of benzene rings is 2. The molecule has 4 aromatic rings. The standard InChI is InChI=1S/C26H26FN5O3/c1-2-29-17-28-24-23(29)25(34)32(26(35)31(24)14-18-8-4-3-5-9-18)16-22(33)30(20-12-13-20)15-19-10-6-7-11-21(19)27/h3-11,17,20H,2,12-16H2,1H3. The van der Waals surface area contributed by atoms with Gasteiger partial charge in [0.1, 0.15) is 12.4 Å². The number of carbonyl (C=O) groups is 1. The maximum atomic E-state index is 14.3. The molecule has 9 heteroatoms. The van der Waals surface area contributed by atoms with E-state index >= 15 is 0 Å². The summed E-state index contributed by atoms with van der Waals surface area (Å²) in [7, 11) is 0. The van der Waals surface area contributed by atoms with Gasteiger partial charge in [0.15, 0.2) is 11.2 Å². The van der Waals surface area contributed by atoms with Crippen LogP contribution in [0.5, 0.6) is 0 Å². The molecule has 2 aromatic carbocycles. The van der Waals surface area contributed by atoms with Crippen LogP contribution >= 0.6 is 0 Å². The van der Waals surface area contributed by atoms with Crippen molar-refractivity contribution in [2.45, 2.75) is 52.0 Å². The fraction of sp³-hybridized carbons (Fsp3) is 0.308. The Labute approximate surface area is 200 Å². The molecule has 5 rings (SSSR count). The lowest BCUT2D eigenvalue weighted by molar-refractivity contribution is -0.133. The molecule has 0 N–H and O–H groups in total. The summed E-state index contributed by atoms with van der Waals surface area (Å²) in [5.41, 5.74) is 0.702. The number of fused-ring (bicyclic) bond motifs is 1. The first-order chi connectivity index (χ1) is 17.0. The van der Waals surface area contributed by atoms with Gasteiger partial charge in [-0.1, -0.05) is 48.5 Å². The van der Waals surface area contributed by atoms with Crippen LogP contribution in [0.25, 0.3) is 11.2 Å². The van der Waals surface area contributed by atoms with Crippen LogP contribution in [0.15, 0.2) is 70.5 Å². The first-order valence-corrected chi connectivity index (χ1v) is 11.7. The number of aromatic nitrogens is 4. The summed E-state index contributed by atoms with van der Waals surface area (Å²) in [5.74, 6) is -0.773. The van der Waals surface area contributed by atoms with Gasteiger partial charge < -0.3 is 9.47 Å². The lowest BCUT2D eigenvalue weighted by Crippen LogP contribution is -2.45. The van der Waals surface area contributed by atoms with Gasteiger partial charge in [0.05, 0.1) is 12.9 Å². The number of amides is 1. The van der Waals surface area contributed by atoms with E-state index < -0.39 is 17.8 Å². The third-order valence-corrected chi connectivity index (χ3v) is 6.41. The van der Waals surface area contributed by atoms with Crippen LogP contribution in [0.1, 0.15) is 30.9 Å². The van der Waals surface area contributed by atoms with Crippen molar-refractivity contribution in [3.05, 3.63) is 98.7 Å². The summed E-state index contributed by atoms with van der Waals surface area (Å²) < 4.78 is 18.4. The summed E-state index contributed by atoms with van der Waals surface area (Å²) >= 11 is 0. The molecule has 0 saturated heterocycles. The lowest BCUT2D eigenvalue weighted by atomic mass is 10.2. The molecular formula is C26H26FN5O3. The van der Waals surface area contributed by atoms with Crippen molar-refractivity contribution in [3.8, 4) is 0 Å². The van der Waals surface area contributed by atoms with Gasteiger partial charge in [-0.3, -0.25) is 14.2 Å². The molecule has 1 amide bonds. The SMILES string of the molecule is CCn1cnc2c1c(=O)n(CC(=O)N(Cc1ccccc1F)C1CC1)c(=O)n2Cc1ccccc1. The summed E-state index contributed by atoms with van der Waals surface area (Å²) in [4.78, 5) is 46.2. The van der Waals surface area contributed by atoms with Gasteiger partial charge >= 0.3 is 5.69 Å². The van der Waals surface area contributed by atoms with Gasteiger partial charge in [0.25, 0.3) is 5.56 Å². The molecule has 1 saturated carbocycles. The molecule has 8 nitrogen and oxygen atoms in total. The Morgan fingerprint density at radius 1 is 1.06 bits per heavy atom. The van der Waals surface area contributed by atoms with E-state index in [-0.39, 0.29) is 36.4 Å². The quantitative estimate of drug-likeness (QED) is 0.392. The second kappa shape index (κ2) is 9.32. The monoisotopic (exact) mass is 475 g/mol. The molecule has 1 aliphatic carbocycles. The third-order valence-electron chi connectivity index (χ3n) is 6.41. The fourth-order valence-corrected chi connectivity index (χ4v) is 4.37. The number of hydrogen-bond donors (Lipinski definition) is 0. The minimum absolute atomic E-state index is 0.0192. The second-order valence-corrected chi connectivity index (χ2v) is 8.79. The number of rotatable bonds is 8. The van der Waals surface area contributed by atoms with Gasteiger partial charge in [-0.2, -0.15) is 0 Å². The Kier molecular flexibility index (Phi) is 6.07. The molecule has 0 bridgehead atoms. The largest absolute Gasteiger partial charge is 0.334 e. The van der Waals surface area contributed by atoms with Crippen molar-refractivity contribution in [2.75, 3.05) is 0 Å². The van der Waals surface area contributed by atoms with Crippen LogP contribution in [-0.2, 0) is 31.0 Å². The van der Waals surface area contributed by atoms with Gasteiger partial charge in [-0.25, -0.2) is 18.7 Å². The predicted molar refractivity (Wildman–Crippen MR) is 129 cm³/mol. The average molecular weight is 476 g/mol. The summed E-state index contributed by atoms with van der Waals surface area (Å²) in [6.07, 6.45) is 3.16. The normalized spacial score (nSPS) is 13.3. The van der Waals surface area contributed by atoms with E-state index in [0.717, 1.165) is 23.0 Å². The first-order valence-electron chi connectivity index (χ1n) is 11.7. The highest BCUT2D eigenvalue weighted by atomic mass is 19.1. The van der Waals surface area contributed by atoms with E-state index in [4.69, 9.17) is 0 Å². The highest BCUT2D eigenvalue weighted by molar-refractivity contribution is 5.77. The van der Waals surface area contributed by atoms with E-state index in [2.05, 4.69) is 4.98 Å². The summed E-state index contributed by atoms with van der Waals surface area (Å²) in [5, 5.41) is 0.